The zero-order chi connectivity index (χ0) is 19.6. The Morgan fingerprint density at radius 2 is 1.48 bits per heavy atom. The summed E-state index contributed by atoms with van der Waals surface area (Å²) in [4.78, 5) is 24.4. The van der Waals surface area contributed by atoms with Crippen LogP contribution in [0.25, 0.3) is 0 Å². The van der Waals surface area contributed by atoms with Crippen molar-refractivity contribution in [1.82, 2.24) is 0 Å². The summed E-state index contributed by atoms with van der Waals surface area (Å²) in [6.07, 6.45) is 0.473. The average Bonchev–Trinajstić information content (AvgIpc) is 3.40. The Hall–Kier alpha value is -2.96. The monoisotopic (exact) mass is 374 g/mol. The second-order valence-corrected chi connectivity index (χ2v) is 6.75. The summed E-state index contributed by atoms with van der Waals surface area (Å²) in [5.74, 6) is -2.88. The van der Waals surface area contributed by atoms with Crippen LogP contribution < -0.4 is 15.4 Å². The highest BCUT2D eigenvalue weighted by atomic mass is 19.2. The summed E-state index contributed by atoms with van der Waals surface area (Å²) in [7, 11) is 0. The van der Waals surface area contributed by atoms with Gasteiger partial charge in [0.05, 0.1) is 17.9 Å². The predicted molar refractivity (Wildman–Crippen MR) is 97.4 cm³/mol. The molecular weight excluding hydrogens is 354 g/mol. The maximum Gasteiger partial charge on any atom is 0.228 e. The highest BCUT2D eigenvalue weighted by Gasteiger charge is 2.48. The number of ether oxygens (including phenoxy) is 1. The number of carbonyl (C=O) groups excluding carboxylic acids is 2. The van der Waals surface area contributed by atoms with E-state index in [9.17, 15) is 18.4 Å². The van der Waals surface area contributed by atoms with Crippen LogP contribution in [-0.4, -0.2) is 17.9 Å². The van der Waals surface area contributed by atoms with Crippen LogP contribution in [0.3, 0.4) is 0 Å². The molecular formula is C20H20F2N2O3. The first-order chi connectivity index (χ1) is 12.8. The highest BCUT2D eigenvalue weighted by Crippen LogP contribution is 2.40. The third-order valence-corrected chi connectivity index (χ3v) is 4.14. The number of rotatable bonds is 6. The number of carbonyl (C=O) groups is 2. The van der Waals surface area contributed by atoms with Gasteiger partial charge in [0.2, 0.25) is 11.8 Å². The van der Waals surface area contributed by atoms with Crippen LogP contribution in [0.15, 0.2) is 42.5 Å². The fourth-order valence-electron chi connectivity index (χ4n) is 2.71. The smallest absolute Gasteiger partial charge is 0.228 e. The SMILES string of the molecule is CC(C)Oc1ccc(NC(=O)C2CC2C(=O)Nc2ccc(F)c(F)c2)cc1. The molecule has 0 heterocycles. The minimum Gasteiger partial charge on any atom is -0.491 e. The first kappa shape index (κ1) is 18.8. The van der Waals surface area contributed by atoms with Gasteiger partial charge < -0.3 is 15.4 Å². The number of benzene rings is 2. The van der Waals surface area contributed by atoms with E-state index < -0.39 is 23.5 Å². The van der Waals surface area contributed by atoms with Gasteiger partial charge in [-0.2, -0.15) is 0 Å². The Balaban J connectivity index is 1.52. The molecule has 0 radical (unpaired) electrons. The summed E-state index contributed by atoms with van der Waals surface area (Å²) < 4.78 is 31.7. The molecule has 0 aliphatic heterocycles. The standard InChI is InChI=1S/C20H20F2N2O3/c1-11(2)27-14-6-3-12(4-7-14)23-19(25)15-10-16(15)20(26)24-13-5-8-17(21)18(22)9-13/h3-9,11,15-16H,10H2,1-2H3,(H,23,25)(H,24,26). The van der Waals surface area contributed by atoms with Crippen LogP contribution in [0.2, 0.25) is 0 Å². The molecule has 2 unspecified atom stereocenters. The van der Waals surface area contributed by atoms with E-state index in [2.05, 4.69) is 10.6 Å². The van der Waals surface area contributed by atoms with Crippen molar-refractivity contribution >= 4 is 23.2 Å². The van der Waals surface area contributed by atoms with E-state index in [1.165, 1.54) is 6.07 Å². The van der Waals surface area contributed by atoms with Gasteiger partial charge in [-0.25, -0.2) is 8.78 Å². The summed E-state index contributed by atoms with van der Waals surface area (Å²) in [5, 5.41) is 5.27. The fraction of sp³-hybridized carbons (Fsp3) is 0.300. The molecule has 0 aromatic heterocycles. The van der Waals surface area contributed by atoms with Gasteiger partial charge >= 0.3 is 0 Å². The number of nitrogens with one attached hydrogen (secondary N) is 2. The molecule has 1 aliphatic rings. The molecule has 0 spiro atoms. The summed E-state index contributed by atoms with van der Waals surface area (Å²) >= 11 is 0. The predicted octanol–water partition coefficient (Wildman–Crippen LogP) is 3.97. The molecule has 0 bridgehead atoms. The molecule has 0 saturated heterocycles. The van der Waals surface area contributed by atoms with E-state index in [1.54, 1.807) is 24.3 Å². The zero-order valence-electron chi connectivity index (χ0n) is 15.0. The molecule has 2 amide bonds. The van der Waals surface area contributed by atoms with Crippen molar-refractivity contribution in [2.45, 2.75) is 26.4 Å². The molecule has 27 heavy (non-hydrogen) atoms. The maximum atomic E-state index is 13.2. The molecule has 2 N–H and O–H groups in total. The molecule has 2 aromatic carbocycles. The van der Waals surface area contributed by atoms with Gasteiger partial charge in [0.15, 0.2) is 11.6 Å². The van der Waals surface area contributed by atoms with Crippen molar-refractivity contribution < 1.29 is 23.1 Å². The van der Waals surface area contributed by atoms with Gasteiger partial charge in [0.1, 0.15) is 5.75 Å². The molecule has 1 saturated carbocycles. The number of hydrogen-bond acceptors (Lipinski definition) is 3. The topological polar surface area (TPSA) is 67.4 Å². The van der Waals surface area contributed by atoms with E-state index in [1.807, 2.05) is 13.8 Å². The first-order valence-corrected chi connectivity index (χ1v) is 8.67. The molecule has 142 valence electrons. The van der Waals surface area contributed by atoms with E-state index in [-0.39, 0.29) is 23.6 Å². The average molecular weight is 374 g/mol. The van der Waals surface area contributed by atoms with Crippen molar-refractivity contribution in [2.24, 2.45) is 11.8 Å². The lowest BCUT2D eigenvalue weighted by atomic mass is 10.2. The lowest BCUT2D eigenvalue weighted by Gasteiger charge is -2.10. The Bertz CT molecular complexity index is 853. The lowest BCUT2D eigenvalue weighted by Crippen LogP contribution is -2.20. The minimum absolute atomic E-state index is 0.0609. The van der Waals surface area contributed by atoms with Crippen LogP contribution >= 0.6 is 0 Å². The lowest BCUT2D eigenvalue weighted by molar-refractivity contribution is -0.122. The second-order valence-electron chi connectivity index (χ2n) is 6.75. The van der Waals surface area contributed by atoms with Crippen molar-refractivity contribution in [1.29, 1.82) is 0 Å². The van der Waals surface area contributed by atoms with Gasteiger partial charge in [0, 0.05) is 17.4 Å². The molecule has 1 aliphatic carbocycles. The number of anilines is 2. The molecule has 7 heteroatoms. The molecule has 3 rings (SSSR count). The Labute approximate surface area is 155 Å². The fourth-order valence-corrected chi connectivity index (χ4v) is 2.71. The second kappa shape index (κ2) is 7.73. The molecule has 2 atom stereocenters. The highest BCUT2D eigenvalue weighted by molar-refractivity contribution is 6.03. The van der Waals surface area contributed by atoms with Gasteiger partial charge in [-0.1, -0.05) is 0 Å². The summed E-state index contributed by atoms with van der Waals surface area (Å²) in [6.45, 7) is 3.85. The van der Waals surface area contributed by atoms with E-state index in [0.29, 0.717) is 17.9 Å². The normalized spacial score (nSPS) is 18.1. The van der Waals surface area contributed by atoms with Crippen LogP contribution in [0.4, 0.5) is 20.2 Å². The first-order valence-electron chi connectivity index (χ1n) is 8.67. The van der Waals surface area contributed by atoms with Crippen molar-refractivity contribution in [3.8, 4) is 5.75 Å². The van der Waals surface area contributed by atoms with Crippen LogP contribution in [0.5, 0.6) is 5.75 Å². The van der Waals surface area contributed by atoms with Crippen molar-refractivity contribution in [3.05, 3.63) is 54.1 Å². The summed E-state index contributed by atoms with van der Waals surface area (Å²) in [5.41, 5.74) is 0.772. The van der Waals surface area contributed by atoms with Gasteiger partial charge in [-0.3, -0.25) is 9.59 Å². The quantitative estimate of drug-likeness (QED) is 0.804. The van der Waals surface area contributed by atoms with Gasteiger partial charge in [0.25, 0.3) is 0 Å². The Kier molecular flexibility index (Phi) is 5.39. The number of hydrogen-bond donors (Lipinski definition) is 2. The third kappa shape index (κ3) is 4.81. The minimum atomic E-state index is -1.04. The van der Waals surface area contributed by atoms with Gasteiger partial charge in [-0.05, 0) is 56.7 Å². The maximum absolute atomic E-state index is 13.2. The zero-order valence-corrected chi connectivity index (χ0v) is 15.0. The Morgan fingerprint density at radius 3 is 2.04 bits per heavy atom. The van der Waals surface area contributed by atoms with Crippen LogP contribution in [-0.2, 0) is 9.59 Å². The largest absolute Gasteiger partial charge is 0.491 e. The third-order valence-electron chi connectivity index (χ3n) is 4.14. The number of halogens is 2. The number of amides is 2. The molecule has 5 nitrogen and oxygen atoms in total. The van der Waals surface area contributed by atoms with Crippen molar-refractivity contribution in [2.75, 3.05) is 10.6 Å². The van der Waals surface area contributed by atoms with Crippen LogP contribution in [0.1, 0.15) is 20.3 Å². The summed E-state index contributed by atoms with van der Waals surface area (Å²) in [6, 6.07) is 10.1. The molecule has 2 aromatic rings. The van der Waals surface area contributed by atoms with E-state index in [4.69, 9.17) is 4.74 Å². The molecule has 1 fully saturated rings. The van der Waals surface area contributed by atoms with Gasteiger partial charge in [-0.15, -0.1) is 0 Å². The van der Waals surface area contributed by atoms with E-state index >= 15 is 0 Å². The van der Waals surface area contributed by atoms with E-state index in [0.717, 1.165) is 12.1 Å². The Morgan fingerprint density at radius 1 is 0.926 bits per heavy atom. The van der Waals surface area contributed by atoms with Crippen LogP contribution in [0, 0.1) is 23.5 Å². The van der Waals surface area contributed by atoms with Crippen molar-refractivity contribution in [3.63, 3.8) is 0 Å².